The number of halogens is 1. The average molecular weight is 266 g/mol. The van der Waals surface area contributed by atoms with Crippen molar-refractivity contribution < 1.29 is 13.9 Å². The topological polar surface area (TPSA) is 50.4 Å². The highest BCUT2D eigenvalue weighted by Gasteiger charge is 2.14. The Morgan fingerprint density at radius 3 is 2.89 bits per heavy atom. The minimum Gasteiger partial charge on any atom is -0.481 e. The predicted octanol–water partition coefficient (Wildman–Crippen LogP) is 1.61. The zero-order chi connectivity index (χ0) is 14.3. The summed E-state index contributed by atoms with van der Waals surface area (Å²) in [5.41, 5.74) is 0.760. The normalized spacial score (nSPS) is 11.7. The van der Waals surface area contributed by atoms with Crippen molar-refractivity contribution in [2.45, 2.75) is 19.6 Å². The molecule has 1 rings (SSSR count). The van der Waals surface area contributed by atoms with Crippen LogP contribution in [0.15, 0.2) is 30.9 Å². The SMILES string of the molecule is C=CCNC(=O)C(C)Oc1cc(F)cc(CNC)c1. The van der Waals surface area contributed by atoms with Gasteiger partial charge in [-0.15, -0.1) is 6.58 Å². The van der Waals surface area contributed by atoms with Crippen LogP contribution in [0.5, 0.6) is 5.75 Å². The molecule has 0 bridgehead atoms. The minimum atomic E-state index is -0.691. The summed E-state index contributed by atoms with van der Waals surface area (Å²) >= 11 is 0. The van der Waals surface area contributed by atoms with Crippen molar-refractivity contribution in [2.24, 2.45) is 0 Å². The molecule has 5 heteroatoms. The van der Waals surface area contributed by atoms with E-state index in [1.165, 1.54) is 12.1 Å². The van der Waals surface area contributed by atoms with Gasteiger partial charge >= 0.3 is 0 Å². The van der Waals surface area contributed by atoms with Gasteiger partial charge in [0, 0.05) is 19.2 Å². The third kappa shape index (κ3) is 5.09. The fourth-order valence-electron chi connectivity index (χ4n) is 1.57. The highest BCUT2D eigenvalue weighted by Crippen LogP contribution is 2.17. The number of hydrogen-bond acceptors (Lipinski definition) is 3. The molecule has 1 unspecified atom stereocenters. The number of hydrogen-bond donors (Lipinski definition) is 2. The highest BCUT2D eigenvalue weighted by molar-refractivity contribution is 5.80. The Labute approximate surface area is 112 Å². The van der Waals surface area contributed by atoms with Gasteiger partial charge in [0.1, 0.15) is 11.6 Å². The summed E-state index contributed by atoms with van der Waals surface area (Å²) in [6.07, 6.45) is 0.891. The molecule has 0 saturated heterocycles. The zero-order valence-electron chi connectivity index (χ0n) is 11.2. The summed E-state index contributed by atoms with van der Waals surface area (Å²) in [5, 5.41) is 5.55. The van der Waals surface area contributed by atoms with Crippen LogP contribution < -0.4 is 15.4 Å². The van der Waals surface area contributed by atoms with Crippen LogP contribution in [0.25, 0.3) is 0 Å². The van der Waals surface area contributed by atoms with Crippen LogP contribution in [0, 0.1) is 5.82 Å². The van der Waals surface area contributed by atoms with E-state index in [1.54, 1.807) is 26.1 Å². The maximum absolute atomic E-state index is 13.4. The fourth-order valence-corrected chi connectivity index (χ4v) is 1.57. The smallest absolute Gasteiger partial charge is 0.261 e. The first-order chi connectivity index (χ1) is 9.06. The number of ether oxygens (including phenoxy) is 1. The number of amides is 1. The Hall–Kier alpha value is -1.88. The van der Waals surface area contributed by atoms with Gasteiger partial charge in [0.2, 0.25) is 0 Å². The molecule has 19 heavy (non-hydrogen) atoms. The van der Waals surface area contributed by atoms with E-state index in [0.29, 0.717) is 18.8 Å². The summed E-state index contributed by atoms with van der Waals surface area (Å²) in [6.45, 7) is 6.03. The first-order valence-corrected chi connectivity index (χ1v) is 6.06. The summed E-state index contributed by atoms with van der Waals surface area (Å²) < 4.78 is 18.8. The zero-order valence-corrected chi connectivity index (χ0v) is 11.2. The molecular weight excluding hydrogens is 247 g/mol. The molecule has 0 fully saturated rings. The molecule has 0 radical (unpaired) electrons. The van der Waals surface area contributed by atoms with Crippen LogP contribution in [0.2, 0.25) is 0 Å². The van der Waals surface area contributed by atoms with Gasteiger partial charge in [-0.1, -0.05) is 6.08 Å². The van der Waals surface area contributed by atoms with Gasteiger partial charge in [0.25, 0.3) is 5.91 Å². The van der Waals surface area contributed by atoms with Gasteiger partial charge in [-0.25, -0.2) is 4.39 Å². The fraction of sp³-hybridized carbons (Fsp3) is 0.357. The van der Waals surface area contributed by atoms with E-state index in [4.69, 9.17) is 4.74 Å². The van der Waals surface area contributed by atoms with E-state index in [2.05, 4.69) is 17.2 Å². The lowest BCUT2D eigenvalue weighted by atomic mass is 10.2. The van der Waals surface area contributed by atoms with Crippen LogP contribution in [0.3, 0.4) is 0 Å². The molecule has 1 atom stereocenters. The molecule has 1 aromatic rings. The Bertz CT molecular complexity index is 449. The maximum Gasteiger partial charge on any atom is 0.261 e. The van der Waals surface area contributed by atoms with Gasteiger partial charge in [0.15, 0.2) is 6.10 Å². The van der Waals surface area contributed by atoms with Crippen LogP contribution >= 0.6 is 0 Å². The number of nitrogens with one attached hydrogen (secondary N) is 2. The molecule has 1 amide bonds. The maximum atomic E-state index is 13.4. The monoisotopic (exact) mass is 266 g/mol. The van der Waals surface area contributed by atoms with E-state index < -0.39 is 6.10 Å². The Morgan fingerprint density at radius 1 is 1.53 bits per heavy atom. The predicted molar refractivity (Wildman–Crippen MR) is 72.5 cm³/mol. The van der Waals surface area contributed by atoms with Gasteiger partial charge < -0.3 is 15.4 Å². The first kappa shape index (κ1) is 15.2. The lowest BCUT2D eigenvalue weighted by molar-refractivity contribution is -0.127. The van der Waals surface area contributed by atoms with Gasteiger partial charge in [-0.05, 0) is 31.7 Å². The van der Waals surface area contributed by atoms with Gasteiger partial charge in [-0.3, -0.25) is 4.79 Å². The molecule has 4 nitrogen and oxygen atoms in total. The minimum absolute atomic E-state index is 0.265. The van der Waals surface area contributed by atoms with Crippen molar-refractivity contribution in [1.29, 1.82) is 0 Å². The first-order valence-electron chi connectivity index (χ1n) is 6.06. The van der Waals surface area contributed by atoms with Gasteiger partial charge in [0.05, 0.1) is 0 Å². The van der Waals surface area contributed by atoms with Crippen molar-refractivity contribution in [3.63, 3.8) is 0 Å². The van der Waals surface area contributed by atoms with E-state index in [-0.39, 0.29) is 11.7 Å². The van der Waals surface area contributed by atoms with Crippen LogP contribution in [-0.2, 0) is 11.3 Å². The van der Waals surface area contributed by atoms with Crippen molar-refractivity contribution in [3.8, 4) is 5.75 Å². The average Bonchev–Trinajstić information content (AvgIpc) is 2.35. The standard InChI is InChI=1S/C14H19FN2O2/c1-4-5-17-14(18)10(2)19-13-7-11(9-16-3)6-12(15)8-13/h4,6-8,10,16H,1,5,9H2,2-3H3,(H,17,18). The van der Waals surface area contributed by atoms with E-state index >= 15 is 0 Å². The molecule has 2 N–H and O–H groups in total. The lowest BCUT2D eigenvalue weighted by Crippen LogP contribution is -2.36. The molecular formula is C14H19FN2O2. The molecule has 1 aromatic carbocycles. The second-order valence-electron chi connectivity index (χ2n) is 4.12. The van der Waals surface area contributed by atoms with Crippen molar-refractivity contribution >= 4 is 5.91 Å². The van der Waals surface area contributed by atoms with Crippen molar-refractivity contribution in [3.05, 3.63) is 42.2 Å². The number of carbonyl (C=O) groups is 1. The molecule has 0 aromatic heterocycles. The molecule has 104 valence electrons. The van der Waals surface area contributed by atoms with Crippen molar-refractivity contribution in [2.75, 3.05) is 13.6 Å². The Morgan fingerprint density at radius 2 is 2.26 bits per heavy atom. The molecule has 0 heterocycles. The lowest BCUT2D eigenvalue weighted by Gasteiger charge is -2.15. The molecule has 0 aliphatic heterocycles. The van der Waals surface area contributed by atoms with E-state index in [1.807, 2.05) is 0 Å². The summed E-state index contributed by atoms with van der Waals surface area (Å²) in [4.78, 5) is 11.6. The van der Waals surface area contributed by atoms with Crippen LogP contribution in [-0.4, -0.2) is 25.6 Å². The third-order valence-corrected chi connectivity index (χ3v) is 2.41. The second kappa shape index (κ2) is 7.53. The molecule has 0 aliphatic carbocycles. The molecule has 0 saturated carbocycles. The van der Waals surface area contributed by atoms with E-state index in [9.17, 15) is 9.18 Å². The van der Waals surface area contributed by atoms with E-state index in [0.717, 1.165) is 5.56 Å². The van der Waals surface area contributed by atoms with Crippen LogP contribution in [0.4, 0.5) is 4.39 Å². The quantitative estimate of drug-likeness (QED) is 0.737. The second-order valence-corrected chi connectivity index (χ2v) is 4.12. The number of rotatable bonds is 7. The number of benzene rings is 1. The summed E-state index contributed by atoms with van der Waals surface area (Å²) in [7, 11) is 1.77. The Kier molecular flexibility index (Phi) is 6.02. The van der Waals surface area contributed by atoms with Gasteiger partial charge in [-0.2, -0.15) is 0 Å². The largest absolute Gasteiger partial charge is 0.481 e. The number of carbonyl (C=O) groups excluding carboxylic acids is 1. The molecule has 0 aliphatic rings. The Balaban J connectivity index is 2.70. The highest BCUT2D eigenvalue weighted by atomic mass is 19.1. The molecule has 0 spiro atoms. The summed E-state index contributed by atoms with van der Waals surface area (Å²) in [6, 6.07) is 4.39. The third-order valence-electron chi connectivity index (χ3n) is 2.41. The van der Waals surface area contributed by atoms with Crippen LogP contribution in [0.1, 0.15) is 12.5 Å². The summed E-state index contributed by atoms with van der Waals surface area (Å²) in [5.74, 6) is -0.313. The van der Waals surface area contributed by atoms with Crippen molar-refractivity contribution in [1.82, 2.24) is 10.6 Å².